The highest BCUT2D eigenvalue weighted by Gasteiger charge is 2.49. The van der Waals surface area contributed by atoms with Gasteiger partial charge in [-0.05, 0) is 0 Å². The van der Waals surface area contributed by atoms with E-state index in [1.807, 2.05) is 0 Å². The van der Waals surface area contributed by atoms with Gasteiger partial charge in [-0.3, -0.25) is 9.59 Å². The zero-order valence-electron chi connectivity index (χ0n) is 10.4. The lowest BCUT2D eigenvalue weighted by Gasteiger charge is -2.54. The summed E-state index contributed by atoms with van der Waals surface area (Å²) in [5.41, 5.74) is 0. The summed E-state index contributed by atoms with van der Waals surface area (Å²) in [4.78, 5) is 22.6. The number of nitrogens with zero attached hydrogens (tertiary/aromatic N) is 2. The summed E-state index contributed by atoms with van der Waals surface area (Å²) in [5.74, 6) is 0.599. The van der Waals surface area contributed by atoms with Crippen LogP contribution < -0.4 is 0 Å². The molecule has 0 aliphatic carbocycles. The van der Waals surface area contributed by atoms with Crippen LogP contribution in [0.25, 0.3) is 0 Å². The van der Waals surface area contributed by atoms with Crippen LogP contribution in [0.1, 0.15) is 13.8 Å². The highest BCUT2D eigenvalue weighted by atomic mass is 16.1. The van der Waals surface area contributed by atoms with Gasteiger partial charge in [-0.15, -0.1) is 0 Å². The third-order valence-corrected chi connectivity index (χ3v) is 4.26. The summed E-state index contributed by atoms with van der Waals surface area (Å²) >= 11 is 0. The molecule has 0 amide bonds. The third-order valence-electron chi connectivity index (χ3n) is 4.26. The maximum atomic E-state index is 11.3. The van der Waals surface area contributed by atoms with Crippen LogP contribution in [0.2, 0.25) is 0 Å². The molecule has 0 atom stereocenters. The van der Waals surface area contributed by atoms with Gasteiger partial charge in [-0.25, -0.2) is 0 Å². The van der Waals surface area contributed by atoms with Gasteiger partial charge in [-0.1, -0.05) is 0 Å². The normalized spacial score (nSPS) is 37.4. The quantitative estimate of drug-likeness (QED) is 0.624. The number of hydrogen-bond acceptors (Lipinski definition) is 2. The van der Waals surface area contributed by atoms with Crippen LogP contribution >= 0.6 is 0 Å². The Hall–Kier alpha value is -0.740. The molecule has 0 aromatic carbocycles. The predicted octanol–water partition coefficient (Wildman–Crippen LogP) is -0.175. The summed E-state index contributed by atoms with van der Waals surface area (Å²) in [5, 5.41) is 0. The molecule has 0 saturated carbocycles. The van der Waals surface area contributed by atoms with Crippen LogP contribution in [0.4, 0.5) is 0 Å². The zero-order chi connectivity index (χ0) is 11.8. The van der Waals surface area contributed by atoms with Crippen molar-refractivity contribution >= 4 is 11.6 Å². The lowest BCUT2D eigenvalue weighted by molar-refractivity contribution is -1.07. The van der Waals surface area contributed by atoms with Gasteiger partial charge in [0.05, 0.1) is 0 Å². The van der Waals surface area contributed by atoms with Crippen molar-refractivity contribution in [1.29, 1.82) is 0 Å². The monoisotopic (exact) mass is 226 g/mol. The van der Waals surface area contributed by atoms with Crippen molar-refractivity contribution in [3.8, 4) is 0 Å². The number of ketones is 2. The molecule has 0 radical (unpaired) electrons. The Morgan fingerprint density at radius 2 is 1.00 bits per heavy atom. The van der Waals surface area contributed by atoms with Gasteiger partial charge in [-0.2, -0.15) is 0 Å². The number of hydrogen-bond donors (Lipinski definition) is 0. The van der Waals surface area contributed by atoms with Crippen molar-refractivity contribution < 1.29 is 18.6 Å². The Morgan fingerprint density at radius 3 is 1.19 bits per heavy atom. The van der Waals surface area contributed by atoms with Crippen LogP contribution in [0, 0.1) is 0 Å². The first-order valence-electron chi connectivity index (χ1n) is 6.15. The molecule has 0 aromatic rings. The minimum Gasteiger partial charge on any atom is -0.303 e. The van der Waals surface area contributed by atoms with Crippen molar-refractivity contribution in [2.75, 3.05) is 52.4 Å². The molecular weight excluding hydrogens is 204 g/mol. The molecule has 2 bridgehead atoms. The molecular formula is C12H22N2O2+2. The molecule has 0 spiro atoms. The van der Waals surface area contributed by atoms with Gasteiger partial charge in [0.2, 0.25) is 0 Å². The van der Waals surface area contributed by atoms with Gasteiger partial charge in [0, 0.05) is 13.8 Å². The Balaban J connectivity index is 2.02. The smallest absolute Gasteiger partial charge is 0.183 e. The molecule has 4 nitrogen and oxygen atoms in total. The van der Waals surface area contributed by atoms with Crippen molar-refractivity contribution in [2.45, 2.75) is 13.8 Å². The summed E-state index contributed by atoms with van der Waals surface area (Å²) in [6.07, 6.45) is 0. The molecule has 4 heteroatoms. The number of carbonyl (C=O) groups excluding carboxylic acids is 2. The van der Waals surface area contributed by atoms with E-state index in [1.165, 1.54) is 0 Å². The van der Waals surface area contributed by atoms with E-state index in [9.17, 15) is 9.59 Å². The second-order valence-electron chi connectivity index (χ2n) is 5.75. The van der Waals surface area contributed by atoms with E-state index in [4.69, 9.17) is 0 Å². The van der Waals surface area contributed by atoms with Gasteiger partial charge in [0.25, 0.3) is 0 Å². The molecule has 3 aliphatic rings. The first kappa shape index (κ1) is 11.7. The fraction of sp³-hybridized carbons (Fsp3) is 0.833. The molecule has 0 aromatic heterocycles. The lowest BCUT2D eigenvalue weighted by atomic mass is 10.1. The molecule has 3 heterocycles. The molecule has 3 aliphatic heterocycles. The van der Waals surface area contributed by atoms with Crippen molar-refractivity contribution in [3.63, 3.8) is 0 Å². The summed E-state index contributed by atoms with van der Waals surface area (Å²) < 4.78 is 1.96. The second-order valence-corrected chi connectivity index (χ2v) is 5.75. The van der Waals surface area contributed by atoms with Crippen LogP contribution in [0.5, 0.6) is 0 Å². The van der Waals surface area contributed by atoms with E-state index >= 15 is 0 Å². The lowest BCUT2D eigenvalue weighted by Crippen LogP contribution is -2.76. The van der Waals surface area contributed by atoms with E-state index in [2.05, 4.69) is 0 Å². The summed E-state index contributed by atoms with van der Waals surface area (Å²) in [7, 11) is 0. The zero-order valence-corrected chi connectivity index (χ0v) is 10.4. The van der Waals surface area contributed by atoms with Gasteiger partial charge >= 0.3 is 0 Å². The topological polar surface area (TPSA) is 34.1 Å². The van der Waals surface area contributed by atoms with E-state index in [0.29, 0.717) is 24.7 Å². The number of quaternary nitrogens is 2. The Labute approximate surface area is 97.0 Å². The van der Waals surface area contributed by atoms with E-state index < -0.39 is 0 Å². The van der Waals surface area contributed by atoms with Crippen molar-refractivity contribution in [2.24, 2.45) is 0 Å². The molecule has 3 rings (SSSR count). The standard InChI is InChI=1S/C12H22N2O2/c1-11(15)9-13-3-6-14(7-4-13,8-5-13)10-12(2)16/h3-10H2,1-2H3/q+2. The maximum absolute atomic E-state index is 11.3. The molecule has 90 valence electrons. The number of carbonyl (C=O) groups is 2. The van der Waals surface area contributed by atoms with Gasteiger partial charge in [0.1, 0.15) is 52.4 Å². The molecule has 16 heavy (non-hydrogen) atoms. The van der Waals surface area contributed by atoms with Gasteiger partial charge < -0.3 is 8.97 Å². The average Bonchev–Trinajstić information content (AvgIpc) is 2.18. The van der Waals surface area contributed by atoms with Crippen molar-refractivity contribution in [1.82, 2.24) is 0 Å². The van der Waals surface area contributed by atoms with Crippen LogP contribution in [-0.2, 0) is 9.59 Å². The Bertz CT molecular complexity index is 268. The van der Waals surface area contributed by atoms with Crippen LogP contribution in [0.15, 0.2) is 0 Å². The SMILES string of the molecule is CC(=O)C[N+]12CC[N+](CC(C)=O)(CC1)CC2. The first-order valence-corrected chi connectivity index (χ1v) is 6.15. The van der Waals surface area contributed by atoms with Crippen molar-refractivity contribution in [3.05, 3.63) is 0 Å². The maximum Gasteiger partial charge on any atom is 0.183 e. The minimum absolute atomic E-state index is 0.300. The van der Waals surface area contributed by atoms with Crippen LogP contribution in [0.3, 0.4) is 0 Å². The first-order chi connectivity index (χ1) is 7.45. The average molecular weight is 226 g/mol. The number of fused-ring (bicyclic) bond motifs is 3. The van der Waals surface area contributed by atoms with E-state index in [0.717, 1.165) is 48.2 Å². The summed E-state index contributed by atoms with van der Waals surface area (Å²) in [6, 6.07) is 0. The fourth-order valence-corrected chi connectivity index (χ4v) is 3.36. The Kier molecular flexibility index (Phi) is 2.88. The molecule has 3 saturated heterocycles. The van der Waals surface area contributed by atoms with E-state index in [1.54, 1.807) is 13.8 Å². The largest absolute Gasteiger partial charge is 0.303 e. The molecule has 3 fully saturated rings. The second kappa shape index (κ2) is 3.93. The predicted molar refractivity (Wildman–Crippen MR) is 60.8 cm³/mol. The number of Topliss-reactive ketones (excluding diaryl/α,β-unsaturated/α-hetero) is 2. The number of piperazine rings is 3. The van der Waals surface area contributed by atoms with Gasteiger partial charge in [0.15, 0.2) is 11.6 Å². The number of rotatable bonds is 4. The highest BCUT2D eigenvalue weighted by molar-refractivity contribution is 5.77. The van der Waals surface area contributed by atoms with E-state index in [-0.39, 0.29) is 0 Å². The highest BCUT2D eigenvalue weighted by Crippen LogP contribution is 2.26. The third kappa shape index (κ3) is 2.18. The minimum atomic E-state index is 0.300. The Morgan fingerprint density at radius 1 is 0.750 bits per heavy atom. The van der Waals surface area contributed by atoms with Crippen LogP contribution in [-0.4, -0.2) is 72.9 Å². The fourth-order valence-electron chi connectivity index (χ4n) is 3.36. The molecule has 0 N–H and O–H groups in total. The summed E-state index contributed by atoms with van der Waals surface area (Å²) in [6.45, 7) is 11.2. The molecule has 0 unspecified atom stereocenters.